The van der Waals surface area contributed by atoms with Gasteiger partial charge in [-0.15, -0.1) is 0 Å². The van der Waals surface area contributed by atoms with Gasteiger partial charge in [-0.05, 0) is 49.2 Å². The molecule has 0 aliphatic rings. The van der Waals surface area contributed by atoms with E-state index in [0.29, 0.717) is 11.4 Å². The zero-order valence-corrected chi connectivity index (χ0v) is 12.2. The van der Waals surface area contributed by atoms with Gasteiger partial charge in [0.2, 0.25) is 0 Å². The number of hydrogen-bond donors (Lipinski definition) is 1. The van der Waals surface area contributed by atoms with Crippen LogP contribution in [0.5, 0.6) is 5.75 Å². The summed E-state index contributed by atoms with van der Waals surface area (Å²) in [4.78, 5) is 0. The first-order chi connectivity index (χ1) is 9.58. The van der Waals surface area contributed by atoms with E-state index in [-0.39, 0.29) is 11.9 Å². The topological polar surface area (TPSA) is 21.3 Å². The summed E-state index contributed by atoms with van der Waals surface area (Å²) in [6.45, 7) is 2.03. The second kappa shape index (κ2) is 6.62. The van der Waals surface area contributed by atoms with Crippen molar-refractivity contribution < 1.29 is 9.13 Å². The lowest BCUT2D eigenvalue weighted by Gasteiger charge is -2.18. The second-order valence-corrected chi connectivity index (χ2v) is 5.16. The molecule has 1 unspecified atom stereocenters. The van der Waals surface area contributed by atoms with Crippen LogP contribution in [0.25, 0.3) is 0 Å². The van der Waals surface area contributed by atoms with E-state index in [1.807, 2.05) is 25.1 Å². The SMILES string of the molecule is COc1ccc(Cl)cc1NC(C)Cc1cccc(F)c1. The fourth-order valence-electron chi connectivity index (χ4n) is 2.13. The minimum absolute atomic E-state index is 0.129. The van der Waals surface area contributed by atoms with Gasteiger partial charge in [0.05, 0.1) is 12.8 Å². The maximum atomic E-state index is 13.2. The van der Waals surface area contributed by atoms with Gasteiger partial charge in [-0.1, -0.05) is 23.7 Å². The Kier molecular flexibility index (Phi) is 4.85. The number of rotatable bonds is 5. The molecule has 2 aromatic carbocycles. The molecule has 0 fully saturated rings. The van der Waals surface area contributed by atoms with Crippen LogP contribution in [0, 0.1) is 5.82 Å². The molecule has 2 aromatic rings. The summed E-state index contributed by atoms with van der Waals surface area (Å²) < 4.78 is 18.4. The van der Waals surface area contributed by atoms with Crippen LogP contribution in [-0.2, 0) is 6.42 Å². The van der Waals surface area contributed by atoms with Gasteiger partial charge < -0.3 is 10.1 Å². The quantitative estimate of drug-likeness (QED) is 0.874. The Balaban J connectivity index is 2.08. The molecule has 0 saturated carbocycles. The van der Waals surface area contributed by atoms with E-state index in [0.717, 1.165) is 17.0 Å². The summed E-state index contributed by atoms with van der Waals surface area (Å²) in [5, 5.41) is 3.98. The van der Waals surface area contributed by atoms with Gasteiger partial charge >= 0.3 is 0 Å². The third kappa shape index (κ3) is 3.87. The molecule has 106 valence electrons. The average Bonchev–Trinajstić information content (AvgIpc) is 2.38. The van der Waals surface area contributed by atoms with Crippen molar-refractivity contribution in [3.05, 3.63) is 58.9 Å². The summed E-state index contributed by atoms with van der Waals surface area (Å²) >= 11 is 5.99. The van der Waals surface area contributed by atoms with E-state index < -0.39 is 0 Å². The third-order valence-corrected chi connectivity index (χ3v) is 3.23. The lowest BCUT2D eigenvalue weighted by Crippen LogP contribution is -2.18. The molecule has 0 heterocycles. The molecule has 0 aromatic heterocycles. The maximum Gasteiger partial charge on any atom is 0.142 e. The highest BCUT2D eigenvalue weighted by molar-refractivity contribution is 6.30. The third-order valence-electron chi connectivity index (χ3n) is 2.99. The van der Waals surface area contributed by atoms with E-state index >= 15 is 0 Å². The number of halogens is 2. The summed E-state index contributed by atoms with van der Waals surface area (Å²) in [5.41, 5.74) is 1.79. The molecule has 20 heavy (non-hydrogen) atoms. The van der Waals surface area contributed by atoms with E-state index in [2.05, 4.69) is 5.32 Å². The van der Waals surface area contributed by atoms with Crippen LogP contribution in [0.15, 0.2) is 42.5 Å². The van der Waals surface area contributed by atoms with Crippen molar-refractivity contribution >= 4 is 17.3 Å². The largest absolute Gasteiger partial charge is 0.495 e. The summed E-state index contributed by atoms with van der Waals surface area (Å²) in [6.07, 6.45) is 0.716. The first-order valence-electron chi connectivity index (χ1n) is 6.43. The highest BCUT2D eigenvalue weighted by Crippen LogP contribution is 2.28. The number of benzene rings is 2. The molecule has 2 nitrogen and oxygen atoms in total. The Hall–Kier alpha value is -1.74. The molecular weight excluding hydrogens is 277 g/mol. The maximum absolute atomic E-state index is 13.2. The zero-order chi connectivity index (χ0) is 14.5. The Morgan fingerprint density at radius 3 is 2.75 bits per heavy atom. The van der Waals surface area contributed by atoms with E-state index in [4.69, 9.17) is 16.3 Å². The summed E-state index contributed by atoms with van der Waals surface area (Å²) in [7, 11) is 1.62. The van der Waals surface area contributed by atoms with Crippen molar-refractivity contribution in [2.45, 2.75) is 19.4 Å². The zero-order valence-electron chi connectivity index (χ0n) is 11.5. The smallest absolute Gasteiger partial charge is 0.142 e. The molecule has 0 aliphatic heterocycles. The van der Waals surface area contributed by atoms with E-state index in [1.165, 1.54) is 6.07 Å². The Morgan fingerprint density at radius 1 is 1.25 bits per heavy atom. The minimum atomic E-state index is -0.213. The van der Waals surface area contributed by atoms with Gasteiger partial charge in [0.15, 0.2) is 0 Å². The molecule has 0 spiro atoms. The minimum Gasteiger partial charge on any atom is -0.495 e. The van der Waals surface area contributed by atoms with Gasteiger partial charge in [0.25, 0.3) is 0 Å². The van der Waals surface area contributed by atoms with Crippen molar-refractivity contribution in [1.29, 1.82) is 0 Å². The Morgan fingerprint density at radius 2 is 2.05 bits per heavy atom. The summed E-state index contributed by atoms with van der Waals surface area (Å²) in [5.74, 6) is 0.524. The van der Waals surface area contributed by atoms with Crippen molar-refractivity contribution in [3.8, 4) is 5.75 Å². The van der Waals surface area contributed by atoms with E-state index in [9.17, 15) is 4.39 Å². The fraction of sp³-hybridized carbons (Fsp3) is 0.250. The van der Waals surface area contributed by atoms with Crippen LogP contribution < -0.4 is 10.1 Å². The van der Waals surface area contributed by atoms with E-state index in [1.54, 1.807) is 25.3 Å². The van der Waals surface area contributed by atoms with Crippen LogP contribution in [0.1, 0.15) is 12.5 Å². The first-order valence-corrected chi connectivity index (χ1v) is 6.81. The number of anilines is 1. The number of hydrogen-bond acceptors (Lipinski definition) is 2. The molecule has 0 aliphatic carbocycles. The lowest BCUT2D eigenvalue weighted by atomic mass is 10.1. The van der Waals surface area contributed by atoms with Crippen LogP contribution in [0.3, 0.4) is 0 Å². The monoisotopic (exact) mass is 293 g/mol. The lowest BCUT2D eigenvalue weighted by molar-refractivity contribution is 0.416. The van der Waals surface area contributed by atoms with Crippen LogP contribution in [-0.4, -0.2) is 13.2 Å². The molecule has 1 N–H and O–H groups in total. The Bertz CT molecular complexity index is 588. The molecular formula is C16H17ClFNO. The molecule has 0 amide bonds. The molecule has 2 rings (SSSR count). The van der Waals surface area contributed by atoms with Crippen LogP contribution in [0.2, 0.25) is 5.02 Å². The number of methoxy groups -OCH3 is 1. The molecule has 0 bridgehead atoms. The standard InChI is InChI=1S/C16H17ClFNO/c1-11(8-12-4-3-5-14(18)9-12)19-15-10-13(17)6-7-16(15)20-2/h3-7,9-11,19H,8H2,1-2H3. The number of ether oxygens (including phenoxy) is 1. The first kappa shape index (κ1) is 14.7. The normalized spacial score (nSPS) is 12.0. The average molecular weight is 294 g/mol. The molecule has 0 radical (unpaired) electrons. The van der Waals surface area contributed by atoms with Gasteiger partial charge in [0, 0.05) is 11.1 Å². The van der Waals surface area contributed by atoms with Gasteiger partial charge in [-0.25, -0.2) is 4.39 Å². The van der Waals surface area contributed by atoms with Crippen LogP contribution in [0.4, 0.5) is 10.1 Å². The highest BCUT2D eigenvalue weighted by Gasteiger charge is 2.09. The molecule has 4 heteroatoms. The van der Waals surface area contributed by atoms with Gasteiger partial charge in [-0.2, -0.15) is 0 Å². The molecule has 1 atom stereocenters. The van der Waals surface area contributed by atoms with Crippen molar-refractivity contribution in [1.82, 2.24) is 0 Å². The summed E-state index contributed by atoms with van der Waals surface area (Å²) in [6, 6.07) is 12.2. The Labute approximate surface area is 123 Å². The van der Waals surface area contributed by atoms with Crippen LogP contribution >= 0.6 is 11.6 Å². The van der Waals surface area contributed by atoms with Crippen molar-refractivity contribution in [3.63, 3.8) is 0 Å². The fourth-order valence-corrected chi connectivity index (χ4v) is 2.30. The predicted molar refractivity (Wildman–Crippen MR) is 81.2 cm³/mol. The molecule has 0 saturated heterocycles. The predicted octanol–water partition coefficient (Wildman–Crippen LogP) is 4.53. The van der Waals surface area contributed by atoms with Crippen molar-refractivity contribution in [2.24, 2.45) is 0 Å². The van der Waals surface area contributed by atoms with Crippen molar-refractivity contribution in [2.75, 3.05) is 12.4 Å². The second-order valence-electron chi connectivity index (χ2n) is 4.72. The van der Waals surface area contributed by atoms with Gasteiger partial charge in [-0.3, -0.25) is 0 Å². The van der Waals surface area contributed by atoms with Gasteiger partial charge in [0.1, 0.15) is 11.6 Å². The highest BCUT2D eigenvalue weighted by atomic mass is 35.5. The number of nitrogens with one attached hydrogen (secondary N) is 1.